The van der Waals surface area contributed by atoms with Crippen molar-refractivity contribution in [3.8, 4) is 0 Å². The molecule has 0 unspecified atom stereocenters. The molecule has 1 N–H and O–H groups in total. The highest BCUT2D eigenvalue weighted by Crippen LogP contribution is 2.32. The third kappa shape index (κ3) is 4.15. The van der Waals surface area contributed by atoms with Crippen molar-refractivity contribution in [3.63, 3.8) is 0 Å². The smallest absolute Gasteiger partial charge is 0.328 e. The largest absolute Gasteiger partial charge is 0.478 e. The summed E-state index contributed by atoms with van der Waals surface area (Å²) >= 11 is 0. The predicted octanol–water partition coefficient (Wildman–Crippen LogP) is 3.71. The van der Waals surface area contributed by atoms with Crippen LogP contribution in [0.3, 0.4) is 0 Å². The number of carboxylic acids is 1. The van der Waals surface area contributed by atoms with Crippen LogP contribution in [0.25, 0.3) is 5.57 Å². The number of likely N-dealkylation sites (tertiary alicyclic amines) is 1. The summed E-state index contributed by atoms with van der Waals surface area (Å²) in [6.45, 7) is 1.28. The zero-order valence-electron chi connectivity index (χ0n) is 14.0. The van der Waals surface area contributed by atoms with Crippen LogP contribution in [0.2, 0.25) is 0 Å². The molecule has 4 nitrogen and oxygen atoms in total. The van der Waals surface area contributed by atoms with Crippen LogP contribution < -0.4 is 0 Å². The lowest BCUT2D eigenvalue weighted by Gasteiger charge is -2.33. The van der Waals surface area contributed by atoms with Crippen molar-refractivity contribution in [1.29, 1.82) is 0 Å². The van der Waals surface area contributed by atoms with E-state index in [1.54, 1.807) is 0 Å². The van der Waals surface area contributed by atoms with E-state index in [2.05, 4.69) is 0 Å². The number of nitrogens with zero attached hydrogens (tertiary/aromatic N) is 1. The Morgan fingerprint density at radius 3 is 1.92 bits per heavy atom. The molecule has 25 heavy (non-hydrogen) atoms. The minimum absolute atomic E-state index is 0.0440. The molecule has 0 aromatic heterocycles. The van der Waals surface area contributed by atoms with E-state index in [4.69, 9.17) is 0 Å². The molecule has 0 bridgehead atoms. The fourth-order valence-electron chi connectivity index (χ4n) is 3.36. The molecule has 1 saturated heterocycles. The van der Waals surface area contributed by atoms with Gasteiger partial charge in [-0.15, -0.1) is 0 Å². The number of hydrogen-bond donors (Lipinski definition) is 1. The Bertz CT molecular complexity index is 760. The number of hydrogen-bond acceptors (Lipinski definition) is 2. The van der Waals surface area contributed by atoms with Gasteiger partial charge in [0.15, 0.2) is 0 Å². The van der Waals surface area contributed by atoms with Crippen LogP contribution in [-0.2, 0) is 4.79 Å². The Kier molecular flexibility index (Phi) is 5.29. The molecule has 1 amide bonds. The van der Waals surface area contributed by atoms with Gasteiger partial charge in [-0.2, -0.15) is 0 Å². The van der Waals surface area contributed by atoms with E-state index in [1.165, 1.54) is 6.08 Å². The van der Waals surface area contributed by atoms with Gasteiger partial charge >= 0.3 is 5.97 Å². The topological polar surface area (TPSA) is 57.6 Å². The first-order valence-corrected chi connectivity index (χ1v) is 8.49. The summed E-state index contributed by atoms with van der Waals surface area (Å²) in [5.41, 5.74) is 2.49. The van der Waals surface area contributed by atoms with E-state index in [-0.39, 0.29) is 11.8 Å². The third-order valence-electron chi connectivity index (χ3n) is 4.63. The van der Waals surface area contributed by atoms with Gasteiger partial charge in [0.1, 0.15) is 0 Å². The second kappa shape index (κ2) is 7.79. The van der Waals surface area contributed by atoms with Crippen LogP contribution in [0.4, 0.5) is 0 Å². The molecule has 3 rings (SSSR count). The molecule has 128 valence electrons. The number of allylic oxidation sites excluding steroid dienone is 1. The first-order valence-electron chi connectivity index (χ1n) is 8.49. The second-order valence-electron chi connectivity index (χ2n) is 6.24. The lowest BCUT2D eigenvalue weighted by molar-refractivity contribution is -0.131. The number of carbonyl (C=O) groups is 2. The fourth-order valence-corrected chi connectivity index (χ4v) is 3.36. The molecule has 1 aliphatic heterocycles. The number of carbonyl (C=O) groups excluding carboxylic acids is 1. The van der Waals surface area contributed by atoms with E-state index in [1.807, 2.05) is 65.6 Å². The highest BCUT2D eigenvalue weighted by molar-refractivity contribution is 5.94. The third-order valence-corrected chi connectivity index (χ3v) is 4.63. The van der Waals surface area contributed by atoms with Crippen LogP contribution >= 0.6 is 0 Å². The zero-order chi connectivity index (χ0) is 17.6. The summed E-state index contributed by atoms with van der Waals surface area (Å²) in [4.78, 5) is 25.6. The maximum atomic E-state index is 12.5. The van der Waals surface area contributed by atoms with Crippen LogP contribution in [0.15, 0.2) is 66.7 Å². The number of benzene rings is 2. The van der Waals surface area contributed by atoms with E-state index < -0.39 is 5.97 Å². The second-order valence-corrected chi connectivity index (χ2v) is 6.24. The van der Waals surface area contributed by atoms with Crippen molar-refractivity contribution in [2.75, 3.05) is 13.1 Å². The fraction of sp³-hybridized carbons (Fsp3) is 0.238. The van der Waals surface area contributed by atoms with E-state index in [9.17, 15) is 14.7 Å². The van der Waals surface area contributed by atoms with Gasteiger partial charge in [-0.3, -0.25) is 4.79 Å². The molecule has 0 saturated carbocycles. The molecule has 0 radical (unpaired) electrons. The normalized spacial score (nSPS) is 15.8. The summed E-state index contributed by atoms with van der Waals surface area (Å²) < 4.78 is 0. The van der Waals surface area contributed by atoms with E-state index in [0.29, 0.717) is 18.7 Å². The number of aliphatic carboxylic acids is 1. The van der Waals surface area contributed by atoms with E-state index in [0.717, 1.165) is 24.0 Å². The maximum Gasteiger partial charge on any atom is 0.328 e. The van der Waals surface area contributed by atoms with Gasteiger partial charge in [0.25, 0.3) is 5.91 Å². The number of rotatable bonds is 4. The first kappa shape index (κ1) is 17.0. The van der Waals surface area contributed by atoms with Crippen molar-refractivity contribution >= 4 is 17.4 Å². The summed E-state index contributed by atoms with van der Waals surface area (Å²) in [7, 11) is 0. The Morgan fingerprint density at radius 2 is 1.40 bits per heavy atom. The molecule has 0 aliphatic carbocycles. The Labute approximate surface area is 147 Å². The van der Waals surface area contributed by atoms with Crippen molar-refractivity contribution in [1.82, 2.24) is 4.90 Å². The van der Waals surface area contributed by atoms with Gasteiger partial charge in [0.2, 0.25) is 0 Å². The van der Waals surface area contributed by atoms with Crippen LogP contribution in [-0.4, -0.2) is 35.0 Å². The molecule has 1 fully saturated rings. The van der Waals surface area contributed by atoms with Gasteiger partial charge in [0.05, 0.1) is 0 Å². The summed E-state index contributed by atoms with van der Waals surface area (Å²) in [6.07, 6.45) is 2.85. The number of piperidine rings is 1. The lowest BCUT2D eigenvalue weighted by atomic mass is 9.84. The van der Waals surface area contributed by atoms with Gasteiger partial charge in [-0.05, 0) is 42.0 Å². The van der Waals surface area contributed by atoms with Gasteiger partial charge in [0, 0.05) is 24.7 Å². The van der Waals surface area contributed by atoms with Crippen molar-refractivity contribution in [3.05, 3.63) is 77.9 Å². The minimum Gasteiger partial charge on any atom is -0.478 e. The summed E-state index contributed by atoms with van der Waals surface area (Å²) in [5.74, 6) is -0.734. The Balaban J connectivity index is 1.72. The molecular formula is C21H21NO3. The summed E-state index contributed by atoms with van der Waals surface area (Å²) in [5, 5.41) is 9.22. The van der Waals surface area contributed by atoms with Gasteiger partial charge < -0.3 is 10.0 Å². The highest BCUT2D eigenvalue weighted by Gasteiger charge is 2.26. The molecular weight excluding hydrogens is 314 g/mol. The van der Waals surface area contributed by atoms with Crippen LogP contribution in [0.5, 0.6) is 0 Å². The average Bonchev–Trinajstić information content (AvgIpc) is 2.67. The Hall–Kier alpha value is -2.88. The molecule has 0 atom stereocenters. The molecule has 0 spiro atoms. The van der Waals surface area contributed by atoms with Crippen LogP contribution in [0, 0.1) is 5.92 Å². The van der Waals surface area contributed by atoms with Gasteiger partial charge in [-0.1, -0.05) is 48.5 Å². The molecule has 4 heteroatoms. The minimum atomic E-state index is -0.929. The maximum absolute atomic E-state index is 12.5. The van der Waals surface area contributed by atoms with Crippen LogP contribution in [0.1, 0.15) is 28.8 Å². The molecule has 2 aromatic carbocycles. The first-order chi connectivity index (χ1) is 12.1. The molecule has 2 aromatic rings. The average molecular weight is 335 g/mol. The summed E-state index contributed by atoms with van der Waals surface area (Å²) in [6, 6.07) is 18.9. The van der Waals surface area contributed by atoms with Crippen molar-refractivity contribution in [2.24, 2.45) is 5.92 Å². The van der Waals surface area contributed by atoms with Crippen molar-refractivity contribution < 1.29 is 14.7 Å². The highest BCUT2D eigenvalue weighted by atomic mass is 16.4. The lowest BCUT2D eigenvalue weighted by Crippen LogP contribution is -2.38. The standard InChI is InChI=1S/C21H21NO3/c23-20(24)15-19(16-7-3-1-4-8-16)17-11-13-22(14-12-17)21(25)18-9-5-2-6-10-18/h1-10,15,17H,11-14H2,(H,23,24)/b19-15+. The SMILES string of the molecule is O=C(O)/C=C(\c1ccccc1)C1CCN(C(=O)c2ccccc2)CC1. The number of amides is 1. The quantitative estimate of drug-likeness (QED) is 0.867. The molecule has 1 aliphatic rings. The molecule has 1 heterocycles. The predicted molar refractivity (Wildman–Crippen MR) is 97.1 cm³/mol. The van der Waals surface area contributed by atoms with E-state index >= 15 is 0 Å². The zero-order valence-corrected chi connectivity index (χ0v) is 14.0. The monoisotopic (exact) mass is 335 g/mol. The number of carboxylic acid groups (broad SMARTS) is 1. The van der Waals surface area contributed by atoms with Gasteiger partial charge in [-0.25, -0.2) is 4.79 Å². The Morgan fingerprint density at radius 1 is 0.880 bits per heavy atom. The van der Waals surface area contributed by atoms with Crippen molar-refractivity contribution in [2.45, 2.75) is 12.8 Å².